The molecule has 2 aliphatic rings. The Morgan fingerprint density at radius 3 is 2.77 bits per heavy atom. The molecule has 31 heavy (non-hydrogen) atoms. The largest absolute Gasteiger partial charge is 0.494 e. The fraction of sp³-hybridized carbons (Fsp3) is 0.680. The highest BCUT2D eigenvalue weighted by atomic mass is 16.5. The molecular formula is C25H38N2O4. The van der Waals surface area contributed by atoms with E-state index in [1.54, 1.807) is 0 Å². The van der Waals surface area contributed by atoms with Crippen molar-refractivity contribution in [1.29, 1.82) is 0 Å². The van der Waals surface area contributed by atoms with Gasteiger partial charge in [-0.15, -0.1) is 0 Å². The van der Waals surface area contributed by atoms with Crippen LogP contribution in [0, 0.1) is 0 Å². The third kappa shape index (κ3) is 7.23. The zero-order valence-corrected chi connectivity index (χ0v) is 18.9. The first-order valence-corrected chi connectivity index (χ1v) is 12.1. The van der Waals surface area contributed by atoms with Gasteiger partial charge in [0.2, 0.25) is 11.8 Å². The minimum atomic E-state index is -0.427. The molecule has 1 fully saturated rings. The van der Waals surface area contributed by atoms with Crippen LogP contribution < -0.4 is 10.1 Å². The van der Waals surface area contributed by atoms with Gasteiger partial charge in [-0.25, -0.2) is 0 Å². The molecule has 6 nitrogen and oxygen atoms in total. The minimum Gasteiger partial charge on any atom is -0.494 e. The van der Waals surface area contributed by atoms with Gasteiger partial charge >= 0.3 is 0 Å². The molecule has 1 aliphatic carbocycles. The average Bonchev–Trinajstić information content (AvgIpc) is 2.79. The van der Waals surface area contributed by atoms with Crippen LogP contribution in [0.1, 0.15) is 83.1 Å². The fourth-order valence-corrected chi connectivity index (χ4v) is 4.54. The number of nitrogens with one attached hydrogen (secondary N) is 1. The molecule has 0 saturated heterocycles. The number of nitrogens with zero attached hydrogens (tertiary/aromatic N) is 1. The number of hydrogen-bond acceptors (Lipinski definition) is 4. The standard InChI is InChI=1S/C25H38N2O4/c1-2-21(28)18-27(20-9-5-3-6-10-20)25(30)11-7-4-8-16-31-22-13-14-23-19(17-22)12-15-24(29)26-23/h13-14,17,20-21,28H,2-12,15-16,18H2,1H3,(H,26,29). The van der Waals surface area contributed by atoms with Crippen LogP contribution in [0.5, 0.6) is 5.75 Å². The predicted molar refractivity (Wildman–Crippen MR) is 122 cm³/mol. The number of fused-ring (bicyclic) bond motifs is 1. The predicted octanol–water partition coefficient (Wildman–Crippen LogP) is 4.44. The van der Waals surface area contributed by atoms with Crippen LogP contribution in [-0.4, -0.2) is 47.1 Å². The zero-order chi connectivity index (χ0) is 22.1. The number of hydrogen-bond donors (Lipinski definition) is 2. The number of aryl methyl sites for hydroxylation is 1. The Labute approximate surface area is 186 Å². The number of carbonyl (C=O) groups excluding carboxylic acids is 2. The number of benzene rings is 1. The summed E-state index contributed by atoms with van der Waals surface area (Å²) in [6.07, 6.45) is 10.6. The van der Waals surface area contributed by atoms with Gasteiger partial charge in [0, 0.05) is 31.1 Å². The Bertz CT molecular complexity index is 730. The first-order chi connectivity index (χ1) is 15.1. The molecule has 0 spiro atoms. The van der Waals surface area contributed by atoms with E-state index in [2.05, 4.69) is 5.32 Å². The lowest BCUT2D eigenvalue weighted by atomic mass is 9.93. The molecule has 2 amide bonds. The SMILES string of the molecule is CCC(O)CN(C(=O)CCCCCOc1ccc2c(c1)CCC(=O)N2)C1CCCCC1. The lowest BCUT2D eigenvalue weighted by Gasteiger charge is -2.35. The fourth-order valence-electron chi connectivity index (χ4n) is 4.54. The Kier molecular flexibility index (Phi) is 9.19. The Balaban J connectivity index is 1.37. The number of unbranched alkanes of at least 4 members (excludes halogenated alkanes) is 2. The van der Waals surface area contributed by atoms with E-state index in [4.69, 9.17) is 4.74 Å². The summed E-state index contributed by atoms with van der Waals surface area (Å²) in [5, 5.41) is 13.0. The highest BCUT2D eigenvalue weighted by Crippen LogP contribution is 2.27. The van der Waals surface area contributed by atoms with Gasteiger partial charge in [-0.3, -0.25) is 9.59 Å². The molecule has 172 valence electrons. The topological polar surface area (TPSA) is 78.9 Å². The second-order valence-corrected chi connectivity index (χ2v) is 8.93. The van der Waals surface area contributed by atoms with Crippen LogP contribution in [0.15, 0.2) is 18.2 Å². The van der Waals surface area contributed by atoms with E-state index < -0.39 is 6.10 Å². The van der Waals surface area contributed by atoms with Crippen LogP contribution >= 0.6 is 0 Å². The van der Waals surface area contributed by atoms with Crippen LogP contribution in [-0.2, 0) is 16.0 Å². The summed E-state index contributed by atoms with van der Waals surface area (Å²) in [6.45, 7) is 3.06. The maximum atomic E-state index is 12.9. The summed E-state index contributed by atoms with van der Waals surface area (Å²) < 4.78 is 5.87. The minimum absolute atomic E-state index is 0.0713. The average molecular weight is 431 g/mol. The zero-order valence-electron chi connectivity index (χ0n) is 18.9. The van der Waals surface area contributed by atoms with E-state index in [9.17, 15) is 14.7 Å². The molecule has 0 bridgehead atoms. The van der Waals surface area contributed by atoms with Crippen molar-refractivity contribution in [3.05, 3.63) is 23.8 Å². The van der Waals surface area contributed by atoms with E-state index in [0.29, 0.717) is 38.5 Å². The van der Waals surface area contributed by atoms with E-state index >= 15 is 0 Å². The first-order valence-electron chi connectivity index (χ1n) is 12.1. The van der Waals surface area contributed by atoms with Crippen LogP contribution in [0.4, 0.5) is 5.69 Å². The lowest BCUT2D eigenvalue weighted by molar-refractivity contribution is -0.136. The third-order valence-corrected chi connectivity index (χ3v) is 6.49. The molecule has 0 radical (unpaired) electrons. The number of aliphatic hydroxyl groups excluding tert-OH is 1. The molecule has 1 atom stereocenters. The van der Waals surface area contributed by atoms with E-state index in [0.717, 1.165) is 55.5 Å². The van der Waals surface area contributed by atoms with E-state index in [1.807, 2.05) is 30.0 Å². The van der Waals surface area contributed by atoms with Crippen LogP contribution in [0.3, 0.4) is 0 Å². The number of anilines is 1. The molecule has 1 saturated carbocycles. The van der Waals surface area contributed by atoms with Crippen molar-refractivity contribution in [2.45, 2.75) is 96.1 Å². The summed E-state index contributed by atoms with van der Waals surface area (Å²) in [7, 11) is 0. The normalized spacial score (nSPS) is 17.5. The van der Waals surface area contributed by atoms with Gasteiger partial charge in [0.05, 0.1) is 12.7 Å². The second kappa shape index (κ2) is 12.1. The smallest absolute Gasteiger partial charge is 0.224 e. The van der Waals surface area contributed by atoms with Crippen LogP contribution in [0.2, 0.25) is 0 Å². The van der Waals surface area contributed by atoms with Gasteiger partial charge in [0.15, 0.2) is 0 Å². The molecule has 6 heteroatoms. The molecule has 3 rings (SSSR count). The van der Waals surface area contributed by atoms with Crippen molar-refractivity contribution < 1.29 is 19.4 Å². The monoisotopic (exact) mass is 430 g/mol. The molecule has 1 aliphatic heterocycles. The summed E-state index contributed by atoms with van der Waals surface area (Å²) in [6, 6.07) is 6.12. The summed E-state index contributed by atoms with van der Waals surface area (Å²) in [5.41, 5.74) is 2.01. The number of aliphatic hydroxyl groups is 1. The Hall–Kier alpha value is -2.08. The first kappa shape index (κ1) is 23.6. The highest BCUT2D eigenvalue weighted by molar-refractivity contribution is 5.94. The number of amides is 2. The van der Waals surface area contributed by atoms with Crippen molar-refractivity contribution in [1.82, 2.24) is 4.90 Å². The van der Waals surface area contributed by atoms with Gasteiger partial charge in [0.25, 0.3) is 0 Å². The molecule has 0 aromatic heterocycles. The Morgan fingerprint density at radius 1 is 1.19 bits per heavy atom. The molecule has 1 heterocycles. The quantitative estimate of drug-likeness (QED) is 0.509. The van der Waals surface area contributed by atoms with Crippen molar-refractivity contribution in [2.75, 3.05) is 18.5 Å². The van der Waals surface area contributed by atoms with Crippen molar-refractivity contribution in [2.24, 2.45) is 0 Å². The van der Waals surface area contributed by atoms with Gasteiger partial charge in [-0.1, -0.05) is 26.2 Å². The van der Waals surface area contributed by atoms with Crippen molar-refractivity contribution >= 4 is 17.5 Å². The lowest BCUT2D eigenvalue weighted by Crippen LogP contribution is -2.45. The molecule has 1 aromatic carbocycles. The maximum Gasteiger partial charge on any atom is 0.224 e. The van der Waals surface area contributed by atoms with Crippen molar-refractivity contribution in [3.63, 3.8) is 0 Å². The summed E-state index contributed by atoms with van der Waals surface area (Å²) in [4.78, 5) is 26.3. The molecule has 1 unspecified atom stereocenters. The number of rotatable bonds is 11. The van der Waals surface area contributed by atoms with Crippen LogP contribution in [0.25, 0.3) is 0 Å². The highest BCUT2D eigenvalue weighted by Gasteiger charge is 2.26. The number of carbonyl (C=O) groups is 2. The van der Waals surface area contributed by atoms with Gasteiger partial charge < -0.3 is 20.1 Å². The Morgan fingerprint density at radius 2 is 2.00 bits per heavy atom. The van der Waals surface area contributed by atoms with Crippen molar-refractivity contribution in [3.8, 4) is 5.75 Å². The van der Waals surface area contributed by atoms with E-state index in [-0.39, 0.29) is 11.8 Å². The molecule has 2 N–H and O–H groups in total. The summed E-state index contributed by atoms with van der Waals surface area (Å²) >= 11 is 0. The third-order valence-electron chi connectivity index (χ3n) is 6.49. The van der Waals surface area contributed by atoms with E-state index in [1.165, 1.54) is 19.3 Å². The van der Waals surface area contributed by atoms with Gasteiger partial charge in [-0.05, 0) is 68.7 Å². The second-order valence-electron chi connectivity index (χ2n) is 8.93. The number of ether oxygens (including phenoxy) is 1. The van der Waals surface area contributed by atoms with Gasteiger partial charge in [-0.2, -0.15) is 0 Å². The van der Waals surface area contributed by atoms with Gasteiger partial charge in [0.1, 0.15) is 5.75 Å². The molecular weight excluding hydrogens is 392 g/mol. The summed E-state index contributed by atoms with van der Waals surface area (Å²) in [5.74, 6) is 1.10. The molecule has 1 aromatic rings. The maximum absolute atomic E-state index is 12.9.